The lowest BCUT2D eigenvalue weighted by atomic mass is 10.1. The van der Waals surface area contributed by atoms with Crippen LogP contribution >= 0.6 is 11.6 Å². The molecule has 0 unspecified atom stereocenters. The van der Waals surface area contributed by atoms with Crippen molar-refractivity contribution >= 4 is 27.3 Å². The monoisotopic (exact) mass is 492 g/mol. The Morgan fingerprint density at radius 1 is 1.06 bits per heavy atom. The molecule has 0 fully saturated rings. The molecule has 0 atom stereocenters. The third-order valence-electron chi connectivity index (χ3n) is 5.09. The standard InChI is InChI=1S/C22H18ClFN2O6S/c23-19-6-2-1-5-15(19)11-25(33(29,30)21-8-4-3-7-20(21)24)12-16-9-18(26(27)28)10-17-13-31-14-32-22(16)17/h1-10H,11-14H2. The molecule has 1 aliphatic heterocycles. The van der Waals surface area contributed by atoms with Crippen LogP contribution in [0.2, 0.25) is 5.02 Å². The molecule has 0 N–H and O–H groups in total. The molecule has 0 radical (unpaired) electrons. The Hall–Kier alpha value is -3.05. The Labute approximate surface area is 194 Å². The molecule has 8 nitrogen and oxygen atoms in total. The van der Waals surface area contributed by atoms with Crippen molar-refractivity contribution < 1.29 is 27.2 Å². The summed E-state index contributed by atoms with van der Waals surface area (Å²) in [4.78, 5) is 10.4. The van der Waals surface area contributed by atoms with Crippen LogP contribution in [0, 0.1) is 15.9 Å². The maximum absolute atomic E-state index is 14.5. The van der Waals surface area contributed by atoms with E-state index in [9.17, 15) is 22.9 Å². The van der Waals surface area contributed by atoms with Crippen molar-refractivity contribution in [2.75, 3.05) is 6.79 Å². The highest BCUT2D eigenvalue weighted by Gasteiger charge is 2.31. The SMILES string of the molecule is O=[N+]([O-])c1cc2c(c(CN(Cc3ccccc3Cl)S(=O)(=O)c3ccccc3F)c1)OCOC2. The number of non-ortho nitro benzene ring substituents is 1. The minimum atomic E-state index is -4.36. The molecule has 3 aromatic carbocycles. The number of hydrogen-bond donors (Lipinski definition) is 0. The molecule has 0 bridgehead atoms. The van der Waals surface area contributed by atoms with Gasteiger partial charge in [0.05, 0.1) is 11.5 Å². The van der Waals surface area contributed by atoms with Gasteiger partial charge < -0.3 is 9.47 Å². The highest BCUT2D eigenvalue weighted by Crippen LogP contribution is 2.35. The van der Waals surface area contributed by atoms with Crippen LogP contribution in [-0.4, -0.2) is 24.4 Å². The predicted octanol–water partition coefficient (Wildman–Crippen LogP) is 4.64. The molecule has 0 aromatic heterocycles. The Morgan fingerprint density at radius 2 is 1.76 bits per heavy atom. The Kier molecular flexibility index (Phi) is 6.61. The van der Waals surface area contributed by atoms with Gasteiger partial charge in [0.1, 0.15) is 16.5 Å². The second kappa shape index (κ2) is 9.44. The first-order valence-corrected chi connectivity index (χ1v) is 11.6. The first-order valence-electron chi connectivity index (χ1n) is 9.76. The van der Waals surface area contributed by atoms with Crippen LogP contribution in [0.3, 0.4) is 0 Å². The number of sulfonamides is 1. The number of rotatable bonds is 7. The van der Waals surface area contributed by atoms with Gasteiger partial charge in [-0.2, -0.15) is 4.31 Å². The summed E-state index contributed by atoms with van der Waals surface area (Å²) in [7, 11) is -4.36. The van der Waals surface area contributed by atoms with Crippen molar-refractivity contribution in [1.82, 2.24) is 4.31 Å². The van der Waals surface area contributed by atoms with Crippen molar-refractivity contribution in [3.05, 3.63) is 98.3 Å². The van der Waals surface area contributed by atoms with E-state index in [4.69, 9.17) is 21.1 Å². The Morgan fingerprint density at radius 3 is 2.48 bits per heavy atom. The van der Waals surface area contributed by atoms with Gasteiger partial charge in [0.15, 0.2) is 6.79 Å². The minimum Gasteiger partial charge on any atom is -0.467 e. The second-order valence-electron chi connectivity index (χ2n) is 7.26. The summed E-state index contributed by atoms with van der Waals surface area (Å²) in [6, 6.07) is 14.3. The van der Waals surface area contributed by atoms with Gasteiger partial charge in [0.2, 0.25) is 10.0 Å². The molecule has 0 spiro atoms. The van der Waals surface area contributed by atoms with Crippen LogP contribution in [0.4, 0.5) is 10.1 Å². The van der Waals surface area contributed by atoms with E-state index in [1.54, 1.807) is 24.3 Å². The summed E-state index contributed by atoms with van der Waals surface area (Å²) in [6.07, 6.45) is 0. The first kappa shape index (κ1) is 23.1. The summed E-state index contributed by atoms with van der Waals surface area (Å²) in [6.45, 7) is -0.507. The fourth-order valence-electron chi connectivity index (χ4n) is 3.53. The quantitative estimate of drug-likeness (QED) is 0.352. The zero-order valence-corrected chi connectivity index (χ0v) is 18.7. The van der Waals surface area contributed by atoms with Gasteiger partial charge in [-0.05, 0) is 23.8 Å². The average molecular weight is 493 g/mol. The van der Waals surface area contributed by atoms with E-state index < -0.39 is 25.7 Å². The maximum Gasteiger partial charge on any atom is 0.270 e. The van der Waals surface area contributed by atoms with E-state index in [-0.39, 0.29) is 37.7 Å². The largest absolute Gasteiger partial charge is 0.467 e. The van der Waals surface area contributed by atoms with Gasteiger partial charge in [-0.3, -0.25) is 10.1 Å². The Balaban J connectivity index is 1.83. The van der Waals surface area contributed by atoms with Gasteiger partial charge in [0.25, 0.3) is 5.69 Å². The number of hydrogen-bond acceptors (Lipinski definition) is 6. The highest BCUT2D eigenvalue weighted by atomic mass is 35.5. The van der Waals surface area contributed by atoms with Gasteiger partial charge in [0, 0.05) is 41.4 Å². The van der Waals surface area contributed by atoms with Crippen LogP contribution in [-0.2, 0) is 34.5 Å². The topological polar surface area (TPSA) is 99.0 Å². The van der Waals surface area contributed by atoms with E-state index in [1.165, 1.54) is 24.3 Å². The number of halogens is 2. The lowest BCUT2D eigenvalue weighted by molar-refractivity contribution is -0.385. The van der Waals surface area contributed by atoms with E-state index in [1.807, 2.05) is 0 Å². The molecule has 33 heavy (non-hydrogen) atoms. The summed E-state index contributed by atoms with van der Waals surface area (Å²) in [5.74, 6) is -0.605. The molecule has 1 aliphatic rings. The summed E-state index contributed by atoms with van der Waals surface area (Å²) < 4.78 is 53.3. The maximum atomic E-state index is 14.5. The summed E-state index contributed by atoms with van der Waals surface area (Å²) in [5.41, 5.74) is 0.933. The predicted molar refractivity (Wildman–Crippen MR) is 118 cm³/mol. The molecule has 3 aromatic rings. The van der Waals surface area contributed by atoms with Crippen molar-refractivity contribution in [3.8, 4) is 5.75 Å². The molecule has 0 saturated heterocycles. The number of ether oxygens (including phenoxy) is 2. The number of nitro benzene ring substituents is 1. The summed E-state index contributed by atoms with van der Waals surface area (Å²) >= 11 is 6.25. The molecule has 0 aliphatic carbocycles. The third-order valence-corrected chi connectivity index (χ3v) is 7.28. The number of fused-ring (bicyclic) bond motifs is 1. The van der Waals surface area contributed by atoms with Crippen LogP contribution in [0.15, 0.2) is 65.6 Å². The lowest BCUT2D eigenvalue weighted by Gasteiger charge is -2.26. The fraction of sp³-hybridized carbons (Fsp3) is 0.182. The summed E-state index contributed by atoms with van der Waals surface area (Å²) in [5, 5.41) is 11.8. The molecule has 11 heteroatoms. The van der Waals surface area contributed by atoms with Crippen LogP contribution in [0.5, 0.6) is 5.75 Å². The van der Waals surface area contributed by atoms with Crippen molar-refractivity contribution in [1.29, 1.82) is 0 Å². The highest BCUT2D eigenvalue weighted by molar-refractivity contribution is 7.89. The minimum absolute atomic E-state index is 0.0780. The first-order chi connectivity index (χ1) is 15.8. The molecule has 0 amide bonds. The fourth-order valence-corrected chi connectivity index (χ4v) is 5.19. The van der Waals surface area contributed by atoms with Crippen molar-refractivity contribution in [2.45, 2.75) is 24.6 Å². The van der Waals surface area contributed by atoms with Crippen LogP contribution in [0.1, 0.15) is 16.7 Å². The van der Waals surface area contributed by atoms with Crippen LogP contribution < -0.4 is 4.74 Å². The molecular formula is C22H18ClFN2O6S. The molecule has 0 saturated carbocycles. The third kappa shape index (κ3) is 4.83. The molecule has 172 valence electrons. The number of benzene rings is 3. The second-order valence-corrected chi connectivity index (χ2v) is 9.57. The normalized spacial score (nSPS) is 13.4. The van der Waals surface area contributed by atoms with Gasteiger partial charge in [-0.25, -0.2) is 12.8 Å². The van der Waals surface area contributed by atoms with E-state index >= 15 is 0 Å². The van der Waals surface area contributed by atoms with E-state index in [0.29, 0.717) is 21.9 Å². The van der Waals surface area contributed by atoms with Gasteiger partial charge >= 0.3 is 0 Å². The van der Waals surface area contributed by atoms with Gasteiger partial charge in [-0.15, -0.1) is 0 Å². The smallest absolute Gasteiger partial charge is 0.270 e. The zero-order chi connectivity index (χ0) is 23.6. The lowest BCUT2D eigenvalue weighted by Crippen LogP contribution is -2.31. The van der Waals surface area contributed by atoms with Crippen molar-refractivity contribution in [2.24, 2.45) is 0 Å². The number of nitrogens with zero attached hydrogens (tertiary/aromatic N) is 2. The van der Waals surface area contributed by atoms with Crippen molar-refractivity contribution in [3.63, 3.8) is 0 Å². The molecule has 1 heterocycles. The molecular weight excluding hydrogens is 475 g/mol. The molecule has 4 rings (SSSR count). The van der Waals surface area contributed by atoms with Gasteiger partial charge in [-0.1, -0.05) is 41.9 Å². The van der Waals surface area contributed by atoms with E-state index in [0.717, 1.165) is 16.4 Å². The zero-order valence-electron chi connectivity index (χ0n) is 17.1. The number of nitro groups is 1. The van der Waals surface area contributed by atoms with E-state index in [2.05, 4.69) is 0 Å². The average Bonchev–Trinajstić information content (AvgIpc) is 2.80. The Bertz CT molecular complexity index is 1320. The van der Waals surface area contributed by atoms with Crippen LogP contribution in [0.25, 0.3) is 0 Å².